The molecule has 3 N–H and O–H groups in total. The van der Waals surface area contributed by atoms with Gasteiger partial charge in [-0.25, -0.2) is 5.01 Å². The van der Waals surface area contributed by atoms with Crippen LogP contribution in [-0.4, -0.2) is 17.2 Å². The summed E-state index contributed by atoms with van der Waals surface area (Å²) in [7, 11) is 0. The summed E-state index contributed by atoms with van der Waals surface area (Å²) in [6.45, 7) is 0. The quantitative estimate of drug-likeness (QED) is 0.597. The number of rotatable bonds is 1. The van der Waals surface area contributed by atoms with Gasteiger partial charge in [0.2, 0.25) is 0 Å². The molecule has 0 aliphatic carbocycles. The highest BCUT2D eigenvalue weighted by Crippen LogP contribution is 2.42. The summed E-state index contributed by atoms with van der Waals surface area (Å²) in [6.07, 6.45) is 0. The first-order valence-electron chi connectivity index (χ1n) is 6.25. The Balaban J connectivity index is 1.95. The van der Waals surface area contributed by atoms with Gasteiger partial charge in [-0.2, -0.15) is 5.26 Å². The number of benzene rings is 1. The molecule has 1 atom stereocenters. The van der Waals surface area contributed by atoms with Crippen LogP contribution in [0.25, 0.3) is 0 Å². The van der Waals surface area contributed by atoms with E-state index in [9.17, 15) is 9.59 Å². The monoisotopic (exact) mass is 330 g/mol. The molecule has 3 rings (SSSR count). The number of para-hydroxylation sites is 1. The summed E-state index contributed by atoms with van der Waals surface area (Å²) < 4.78 is 0.507. The summed E-state index contributed by atoms with van der Waals surface area (Å²) >= 11 is 2.31. The zero-order valence-electron chi connectivity index (χ0n) is 11.1. The molecule has 1 fully saturated rings. The van der Waals surface area contributed by atoms with Gasteiger partial charge in [0.1, 0.15) is 5.57 Å². The van der Waals surface area contributed by atoms with E-state index >= 15 is 0 Å². The lowest BCUT2D eigenvalue weighted by Crippen LogP contribution is -2.35. The first kappa shape index (κ1) is 14.7. The second kappa shape index (κ2) is 5.88. The predicted molar refractivity (Wildman–Crippen MR) is 86.0 cm³/mol. The van der Waals surface area contributed by atoms with Crippen LogP contribution in [0.5, 0.6) is 0 Å². The first-order valence-corrected chi connectivity index (χ1v) is 8.01. The topological polar surface area (TPSA) is 99.2 Å². The molecule has 6 nitrogen and oxygen atoms in total. The van der Waals surface area contributed by atoms with Gasteiger partial charge in [-0.3, -0.25) is 15.0 Å². The Hall–Kier alpha value is -2.21. The molecule has 22 heavy (non-hydrogen) atoms. The van der Waals surface area contributed by atoms with Gasteiger partial charge >= 0.3 is 0 Å². The number of amides is 2. The highest BCUT2D eigenvalue weighted by Gasteiger charge is 2.38. The van der Waals surface area contributed by atoms with Gasteiger partial charge in [-0.05, 0) is 17.5 Å². The second-order valence-corrected chi connectivity index (χ2v) is 6.71. The van der Waals surface area contributed by atoms with Crippen molar-refractivity contribution in [1.82, 2.24) is 5.43 Å². The van der Waals surface area contributed by atoms with Gasteiger partial charge in [0.05, 0.1) is 26.9 Å². The van der Waals surface area contributed by atoms with Crippen molar-refractivity contribution in [2.75, 3.05) is 5.01 Å². The lowest BCUT2D eigenvalue weighted by Gasteiger charge is -2.18. The van der Waals surface area contributed by atoms with Crippen molar-refractivity contribution in [2.45, 2.75) is 5.37 Å². The predicted octanol–water partition coefficient (Wildman–Crippen LogP) is 1.45. The Morgan fingerprint density at radius 2 is 2.00 bits per heavy atom. The minimum Gasteiger partial charge on any atom is -0.315 e. The average Bonchev–Trinajstić information content (AvgIpc) is 2.83. The summed E-state index contributed by atoms with van der Waals surface area (Å²) in [6, 6.07) is 10.8. The zero-order valence-corrected chi connectivity index (χ0v) is 12.8. The molecule has 0 spiro atoms. The van der Waals surface area contributed by atoms with Crippen LogP contribution in [0.2, 0.25) is 0 Å². The Morgan fingerprint density at radius 3 is 2.64 bits per heavy atom. The molecule has 0 saturated carbocycles. The van der Waals surface area contributed by atoms with Gasteiger partial charge in [-0.15, -0.1) is 0 Å². The number of nitriles is 1. The van der Waals surface area contributed by atoms with Crippen molar-refractivity contribution in [3.63, 3.8) is 0 Å². The summed E-state index contributed by atoms with van der Waals surface area (Å²) in [5.41, 5.74) is 9.46. The van der Waals surface area contributed by atoms with Crippen molar-refractivity contribution in [3.05, 3.63) is 51.1 Å². The Kier molecular flexibility index (Phi) is 3.94. The minimum absolute atomic E-state index is 0.0579. The number of carbonyl (C=O) groups excluding carboxylic acids is 2. The number of nitrogens with one attached hydrogen (secondary N) is 1. The maximum atomic E-state index is 12.5. The molecule has 1 aromatic carbocycles. The first-order chi connectivity index (χ1) is 10.6. The van der Waals surface area contributed by atoms with E-state index in [1.54, 1.807) is 29.7 Å². The molecule has 1 aromatic rings. The third kappa shape index (κ3) is 2.50. The van der Waals surface area contributed by atoms with E-state index in [-0.39, 0.29) is 5.57 Å². The largest absolute Gasteiger partial charge is 0.315 e. The molecule has 8 heteroatoms. The minimum atomic E-state index is -0.569. The zero-order chi connectivity index (χ0) is 15.7. The van der Waals surface area contributed by atoms with Crippen LogP contribution in [0.1, 0.15) is 0 Å². The van der Waals surface area contributed by atoms with E-state index in [2.05, 4.69) is 5.43 Å². The second-order valence-electron chi connectivity index (χ2n) is 4.42. The molecule has 2 heterocycles. The summed E-state index contributed by atoms with van der Waals surface area (Å²) in [4.78, 5) is 24.6. The van der Waals surface area contributed by atoms with E-state index < -0.39 is 17.2 Å². The van der Waals surface area contributed by atoms with E-state index in [1.807, 2.05) is 12.1 Å². The fraction of sp³-hybridized carbons (Fsp3) is 0.0714. The lowest BCUT2D eigenvalue weighted by molar-refractivity contribution is -0.117. The van der Waals surface area contributed by atoms with E-state index in [4.69, 9.17) is 11.0 Å². The molecule has 0 bridgehead atoms. The molecular formula is C14H10N4O2S2. The maximum absolute atomic E-state index is 12.5. The van der Waals surface area contributed by atoms with Gasteiger partial charge in [0.15, 0.2) is 0 Å². The molecule has 1 saturated heterocycles. The average molecular weight is 330 g/mol. The van der Waals surface area contributed by atoms with Gasteiger partial charge in [-0.1, -0.05) is 41.7 Å². The molecule has 0 unspecified atom stereocenters. The van der Waals surface area contributed by atoms with Crippen molar-refractivity contribution in [1.29, 1.82) is 5.26 Å². The van der Waals surface area contributed by atoms with Crippen molar-refractivity contribution in [3.8, 4) is 6.07 Å². The number of nitrogens with zero attached hydrogens (tertiary/aromatic N) is 2. The molecule has 0 aromatic heterocycles. The Labute approximate surface area is 135 Å². The van der Waals surface area contributed by atoms with Crippen molar-refractivity contribution in [2.24, 2.45) is 5.73 Å². The van der Waals surface area contributed by atoms with Crippen molar-refractivity contribution >= 4 is 41.0 Å². The SMILES string of the molecule is N#CC1=CSC(=C2C(=O)NN(c3ccccc3)C2=O)S[C@H]1N. The van der Waals surface area contributed by atoms with Crippen LogP contribution in [0.15, 0.2) is 51.1 Å². The highest BCUT2D eigenvalue weighted by molar-refractivity contribution is 8.24. The number of hydrogen-bond acceptors (Lipinski definition) is 6. The third-order valence-electron chi connectivity index (χ3n) is 3.04. The number of hydrogen-bond donors (Lipinski definition) is 2. The molecule has 110 valence electrons. The molecule has 2 amide bonds. The standard InChI is InChI=1S/C14H10N4O2S2/c15-6-8-7-21-14(22-11(8)16)10-12(19)17-18(13(10)20)9-4-2-1-3-5-9/h1-5,7,11H,16H2,(H,17,19)/t11-/m1/s1. The van der Waals surface area contributed by atoms with E-state index in [0.29, 0.717) is 15.5 Å². The van der Waals surface area contributed by atoms with Crippen LogP contribution in [0.3, 0.4) is 0 Å². The number of carbonyl (C=O) groups is 2. The smallest absolute Gasteiger partial charge is 0.284 e. The van der Waals surface area contributed by atoms with Crippen LogP contribution >= 0.6 is 23.5 Å². The lowest BCUT2D eigenvalue weighted by atomic mass is 10.2. The Bertz CT molecular complexity index is 752. The molecule has 0 radical (unpaired) electrons. The van der Waals surface area contributed by atoms with Gasteiger partial charge in [0, 0.05) is 0 Å². The number of hydrazine groups is 1. The van der Waals surface area contributed by atoms with Gasteiger partial charge in [0.25, 0.3) is 11.8 Å². The summed E-state index contributed by atoms with van der Waals surface area (Å²) in [5.74, 6) is -0.892. The fourth-order valence-electron chi connectivity index (χ4n) is 1.95. The van der Waals surface area contributed by atoms with E-state index in [1.165, 1.54) is 16.8 Å². The van der Waals surface area contributed by atoms with Crippen molar-refractivity contribution < 1.29 is 9.59 Å². The molecule has 2 aliphatic rings. The normalized spacial score (nSPS) is 24.8. The van der Waals surface area contributed by atoms with Crippen LogP contribution in [0.4, 0.5) is 5.69 Å². The van der Waals surface area contributed by atoms with Crippen LogP contribution < -0.4 is 16.2 Å². The highest BCUT2D eigenvalue weighted by atomic mass is 32.2. The molecule has 2 aliphatic heterocycles. The number of nitrogens with two attached hydrogens (primary N) is 1. The number of anilines is 1. The maximum Gasteiger partial charge on any atom is 0.284 e. The van der Waals surface area contributed by atoms with Crippen LogP contribution in [-0.2, 0) is 9.59 Å². The van der Waals surface area contributed by atoms with Crippen LogP contribution in [0, 0.1) is 11.3 Å². The Morgan fingerprint density at radius 1 is 1.27 bits per heavy atom. The fourth-order valence-corrected chi connectivity index (χ4v) is 4.23. The third-order valence-corrected chi connectivity index (χ3v) is 5.33. The molecular weight excluding hydrogens is 320 g/mol. The number of thioether (sulfide) groups is 2. The van der Waals surface area contributed by atoms with E-state index in [0.717, 1.165) is 11.8 Å². The van der Waals surface area contributed by atoms with Gasteiger partial charge < -0.3 is 5.73 Å². The summed E-state index contributed by atoms with van der Waals surface area (Å²) in [5, 5.41) is 11.1.